The van der Waals surface area contributed by atoms with Crippen LogP contribution >= 0.6 is 0 Å². The summed E-state index contributed by atoms with van der Waals surface area (Å²) in [6.45, 7) is 1.56. The Balaban J connectivity index is 2.01. The minimum atomic E-state index is 0.328. The molecule has 1 fully saturated rings. The fraction of sp³-hybridized carbons (Fsp3) is 0.400. The molecule has 1 unspecified atom stereocenters. The minimum absolute atomic E-state index is 0.328. The van der Waals surface area contributed by atoms with E-state index in [1.807, 2.05) is 24.3 Å². The molecule has 1 aromatic carbocycles. The first-order valence-electron chi connectivity index (χ1n) is 6.85. The largest absolute Gasteiger partial charge is 0.497 e. The number of hydrogen-bond acceptors (Lipinski definition) is 4. The Labute approximate surface area is 118 Å². The van der Waals surface area contributed by atoms with Gasteiger partial charge in [-0.1, -0.05) is 12.1 Å². The Bertz CT molecular complexity index is 589. The van der Waals surface area contributed by atoms with Crippen molar-refractivity contribution >= 4 is 5.82 Å². The summed E-state index contributed by atoms with van der Waals surface area (Å²) in [6.07, 6.45) is 2.17. The number of nitrogen functional groups attached to an aromatic ring is 1. The highest BCUT2D eigenvalue weighted by atomic mass is 16.5. The van der Waals surface area contributed by atoms with Crippen LogP contribution < -0.4 is 10.5 Å². The molecule has 2 heterocycles. The molecule has 0 spiro atoms. The zero-order valence-electron chi connectivity index (χ0n) is 11.6. The maximum atomic E-state index is 6.05. The smallest absolute Gasteiger partial charge is 0.153 e. The molecule has 106 valence electrons. The van der Waals surface area contributed by atoms with E-state index in [1.54, 1.807) is 7.11 Å². The number of nitrogens with zero attached hydrogens (tertiary/aromatic N) is 1. The number of aromatic nitrogens is 2. The molecular weight excluding hydrogens is 254 g/mol. The molecule has 1 aromatic heterocycles. The second-order valence-electron chi connectivity index (χ2n) is 5.04. The van der Waals surface area contributed by atoms with Gasteiger partial charge in [-0.3, -0.25) is 5.10 Å². The molecule has 1 atom stereocenters. The number of ether oxygens (including phenoxy) is 2. The van der Waals surface area contributed by atoms with Gasteiger partial charge in [-0.2, -0.15) is 5.10 Å². The summed E-state index contributed by atoms with van der Waals surface area (Å²) in [6, 6.07) is 7.89. The van der Waals surface area contributed by atoms with E-state index in [1.165, 1.54) is 0 Å². The molecule has 0 radical (unpaired) electrons. The summed E-state index contributed by atoms with van der Waals surface area (Å²) in [4.78, 5) is 0. The van der Waals surface area contributed by atoms with Crippen LogP contribution in [0.15, 0.2) is 24.3 Å². The Morgan fingerprint density at radius 1 is 1.45 bits per heavy atom. The van der Waals surface area contributed by atoms with Gasteiger partial charge in [-0.15, -0.1) is 0 Å². The maximum absolute atomic E-state index is 6.05. The predicted molar refractivity (Wildman–Crippen MR) is 77.8 cm³/mol. The Kier molecular flexibility index (Phi) is 3.60. The summed E-state index contributed by atoms with van der Waals surface area (Å²) in [5.41, 5.74) is 9.11. The maximum Gasteiger partial charge on any atom is 0.153 e. The van der Waals surface area contributed by atoms with Crippen LogP contribution in [0, 0.1) is 0 Å². The van der Waals surface area contributed by atoms with Crippen LogP contribution in [0.2, 0.25) is 0 Å². The Morgan fingerprint density at radius 3 is 3.10 bits per heavy atom. The van der Waals surface area contributed by atoms with Crippen molar-refractivity contribution in [2.24, 2.45) is 0 Å². The third kappa shape index (κ3) is 2.36. The van der Waals surface area contributed by atoms with E-state index >= 15 is 0 Å². The van der Waals surface area contributed by atoms with Gasteiger partial charge in [0.1, 0.15) is 5.75 Å². The summed E-state index contributed by atoms with van der Waals surface area (Å²) in [5, 5.41) is 7.26. The summed E-state index contributed by atoms with van der Waals surface area (Å²) in [7, 11) is 1.66. The fourth-order valence-electron chi connectivity index (χ4n) is 2.72. The highest BCUT2D eigenvalue weighted by Crippen LogP contribution is 2.36. The zero-order valence-corrected chi connectivity index (χ0v) is 11.6. The van der Waals surface area contributed by atoms with Crippen molar-refractivity contribution in [1.29, 1.82) is 0 Å². The lowest BCUT2D eigenvalue weighted by Gasteiger charge is -2.22. The van der Waals surface area contributed by atoms with Gasteiger partial charge in [0.05, 0.1) is 19.4 Å². The van der Waals surface area contributed by atoms with E-state index in [-0.39, 0.29) is 0 Å². The van der Waals surface area contributed by atoms with Gasteiger partial charge in [0, 0.05) is 18.1 Å². The topological polar surface area (TPSA) is 73.2 Å². The fourth-order valence-corrected chi connectivity index (χ4v) is 2.72. The second kappa shape index (κ2) is 5.54. The number of methoxy groups -OCH3 is 1. The van der Waals surface area contributed by atoms with Gasteiger partial charge in [0.15, 0.2) is 5.82 Å². The molecule has 5 nitrogen and oxygen atoms in total. The molecule has 20 heavy (non-hydrogen) atoms. The van der Waals surface area contributed by atoms with Crippen LogP contribution in [-0.2, 0) is 4.74 Å². The van der Waals surface area contributed by atoms with Crippen molar-refractivity contribution in [3.8, 4) is 16.9 Å². The Hall–Kier alpha value is -2.01. The van der Waals surface area contributed by atoms with Crippen LogP contribution in [0.5, 0.6) is 5.75 Å². The predicted octanol–water partition coefficient (Wildman–Crippen LogP) is 2.56. The molecule has 0 aliphatic carbocycles. The molecule has 2 aromatic rings. The number of benzene rings is 1. The van der Waals surface area contributed by atoms with Crippen LogP contribution in [0.25, 0.3) is 11.1 Å². The second-order valence-corrected chi connectivity index (χ2v) is 5.04. The van der Waals surface area contributed by atoms with Crippen molar-refractivity contribution in [3.63, 3.8) is 0 Å². The van der Waals surface area contributed by atoms with E-state index in [0.717, 1.165) is 48.6 Å². The van der Waals surface area contributed by atoms with Gasteiger partial charge in [-0.05, 0) is 30.5 Å². The first-order valence-corrected chi connectivity index (χ1v) is 6.85. The van der Waals surface area contributed by atoms with E-state index < -0.39 is 0 Å². The van der Waals surface area contributed by atoms with E-state index in [4.69, 9.17) is 15.2 Å². The normalized spacial score (nSPS) is 18.9. The lowest BCUT2D eigenvalue weighted by atomic mass is 9.92. The van der Waals surface area contributed by atoms with Gasteiger partial charge in [0.25, 0.3) is 0 Å². The molecule has 3 N–H and O–H groups in total. The SMILES string of the molecule is COc1cccc(-c2c(N)n[nH]c2C2CCCOC2)c1. The van der Waals surface area contributed by atoms with E-state index in [2.05, 4.69) is 10.2 Å². The zero-order chi connectivity index (χ0) is 13.9. The summed E-state index contributed by atoms with van der Waals surface area (Å²) >= 11 is 0. The van der Waals surface area contributed by atoms with Gasteiger partial charge in [0.2, 0.25) is 0 Å². The first kappa shape index (κ1) is 13.0. The summed E-state index contributed by atoms with van der Waals surface area (Å²) < 4.78 is 10.9. The van der Waals surface area contributed by atoms with Crippen molar-refractivity contribution in [2.75, 3.05) is 26.1 Å². The van der Waals surface area contributed by atoms with Crippen LogP contribution in [-0.4, -0.2) is 30.5 Å². The van der Waals surface area contributed by atoms with E-state index in [0.29, 0.717) is 11.7 Å². The van der Waals surface area contributed by atoms with Gasteiger partial charge in [-0.25, -0.2) is 0 Å². The van der Waals surface area contributed by atoms with Crippen LogP contribution in [0.4, 0.5) is 5.82 Å². The van der Waals surface area contributed by atoms with Crippen molar-refractivity contribution < 1.29 is 9.47 Å². The lowest BCUT2D eigenvalue weighted by Crippen LogP contribution is -2.16. The van der Waals surface area contributed by atoms with Crippen LogP contribution in [0.3, 0.4) is 0 Å². The number of hydrogen-bond donors (Lipinski definition) is 2. The molecule has 1 aliphatic heterocycles. The number of anilines is 1. The number of nitrogens with two attached hydrogens (primary N) is 1. The third-order valence-corrected chi connectivity index (χ3v) is 3.75. The molecule has 1 saturated heterocycles. The van der Waals surface area contributed by atoms with Crippen molar-refractivity contribution in [3.05, 3.63) is 30.0 Å². The molecule has 0 bridgehead atoms. The highest BCUT2D eigenvalue weighted by molar-refractivity contribution is 5.77. The van der Waals surface area contributed by atoms with E-state index in [9.17, 15) is 0 Å². The molecular formula is C15H19N3O2. The number of rotatable bonds is 3. The molecule has 5 heteroatoms. The Morgan fingerprint density at radius 2 is 2.35 bits per heavy atom. The standard InChI is InChI=1S/C15H19N3O2/c1-19-12-6-2-4-10(8-12)13-14(17-18-15(13)16)11-5-3-7-20-9-11/h2,4,6,8,11H,3,5,7,9H2,1H3,(H3,16,17,18). The van der Waals surface area contributed by atoms with Crippen molar-refractivity contribution in [1.82, 2.24) is 10.2 Å². The molecule has 1 aliphatic rings. The average molecular weight is 273 g/mol. The lowest BCUT2D eigenvalue weighted by molar-refractivity contribution is 0.0794. The first-order chi connectivity index (χ1) is 9.79. The number of aromatic amines is 1. The molecule has 0 amide bonds. The third-order valence-electron chi connectivity index (χ3n) is 3.75. The van der Waals surface area contributed by atoms with Gasteiger partial charge < -0.3 is 15.2 Å². The van der Waals surface area contributed by atoms with Crippen LogP contribution in [0.1, 0.15) is 24.5 Å². The monoisotopic (exact) mass is 273 g/mol. The molecule has 0 saturated carbocycles. The highest BCUT2D eigenvalue weighted by Gasteiger charge is 2.23. The average Bonchev–Trinajstić information content (AvgIpc) is 2.90. The minimum Gasteiger partial charge on any atom is -0.497 e. The van der Waals surface area contributed by atoms with Crippen molar-refractivity contribution in [2.45, 2.75) is 18.8 Å². The van der Waals surface area contributed by atoms with Gasteiger partial charge >= 0.3 is 0 Å². The summed E-state index contributed by atoms with van der Waals surface area (Å²) in [5.74, 6) is 1.67. The quantitative estimate of drug-likeness (QED) is 0.901. The molecule has 3 rings (SSSR count). The number of H-pyrrole nitrogens is 1. The number of nitrogens with one attached hydrogen (secondary N) is 1.